The number of nitrogens with zero attached hydrogens (tertiary/aromatic N) is 6. The summed E-state index contributed by atoms with van der Waals surface area (Å²) in [5.74, 6) is -1.68. The predicted molar refractivity (Wildman–Crippen MR) is 88.4 cm³/mol. The highest BCUT2D eigenvalue weighted by atomic mass is 19.4. The molecule has 29 heavy (non-hydrogen) atoms. The minimum absolute atomic E-state index is 0.212. The highest BCUT2D eigenvalue weighted by molar-refractivity contribution is 6.27. The number of urea groups is 1. The van der Waals surface area contributed by atoms with Crippen LogP contribution in [-0.2, 0) is 6.18 Å². The van der Waals surface area contributed by atoms with E-state index in [4.69, 9.17) is 0 Å². The molecule has 2 aromatic rings. The molecule has 0 atom stereocenters. The van der Waals surface area contributed by atoms with E-state index in [-0.39, 0.29) is 11.3 Å². The molecule has 13 heteroatoms. The van der Waals surface area contributed by atoms with E-state index in [0.717, 1.165) is 6.07 Å². The minimum Gasteiger partial charge on any atom is -0.319 e. The lowest BCUT2D eigenvalue weighted by Gasteiger charge is -2.24. The Morgan fingerprint density at radius 2 is 1.83 bits per heavy atom. The summed E-state index contributed by atoms with van der Waals surface area (Å²) >= 11 is 0. The first kappa shape index (κ1) is 18.9. The maximum atomic E-state index is 13.0. The van der Waals surface area contributed by atoms with Crippen LogP contribution in [-0.4, -0.2) is 63.8 Å². The second-order valence-corrected chi connectivity index (χ2v) is 6.30. The van der Waals surface area contributed by atoms with Crippen molar-refractivity contribution in [3.8, 4) is 0 Å². The standard InChI is InChI=1S/C16H12F3N7O3/c17-16(18,19)8-1-2-9-10(7-8)14(28)12-11(13(9)27)21-23-26(12)24-22-15(29)25-5-3-20-4-6-25/h1-2,7,20H,3-6H2. The van der Waals surface area contributed by atoms with Gasteiger partial charge in [-0.2, -0.15) is 13.2 Å². The number of fused-ring (bicyclic) bond motifs is 2. The molecule has 10 nitrogen and oxygen atoms in total. The van der Waals surface area contributed by atoms with E-state index in [2.05, 4.69) is 26.0 Å². The zero-order valence-electron chi connectivity index (χ0n) is 14.6. The van der Waals surface area contributed by atoms with Crippen LogP contribution in [0.15, 0.2) is 28.5 Å². The number of piperazine rings is 1. The van der Waals surface area contributed by atoms with Gasteiger partial charge in [0.05, 0.1) is 5.56 Å². The summed E-state index contributed by atoms with van der Waals surface area (Å²) in [6.45, 7) is 2.01. The minimum atomic E-state index is -4.69. The van der Waals surface area contributed by atoms with Crippen molar-refractivity contribution in [3.05, 3.63) is 46.3 Å². The summed E-state index contributed by atoms with van der Waals surface area (Å²) in [7, 11) is 0. The van der Waals surface area contributed by atoms with Gasteiger partial charge in [-0.15, -0.1) is 9.89 Å². The summed E-state index contributed by atoms with van der Waals surface area (Å²) in [4.78, 5) is 39.3. The summed E-state index contributed by atoms with van der Waals surface area (Å²) in [5, 5.41) is 17.2. The molecule has 1 saturated heterocycles. The van der Waals surface area contributed by atoms with Crippen molar-refractivity contribution in [3.63, 3.8) is 0 Å². The lowest BCUT2D eigenvalue weighted by Crippen LogP contribution is -2.45. The first-order valence-electron chi connectivity index (χ1n) is 8.45. The Kier molecular flexibility index (Phi) is 4.45. The number of hydrogen-bond acceptors (Lipinski definition) is 7. The van der Waals surface area contributed by atoms with Crippen LogP contribution in [0.25, 0.3) is 0 Å². The highest BCUT2D eigenvalue weighted by Crippen LogP contribution is 2.33. The van der Waals surface area contributed by atoms with Crippen LogP contribution in [0, 0.1) is 0 Å². The number of benzene rings is 1. The lowest BCUT2D eigenvalue weighted by atomic mass is 9.89. The Morgan fingerprint density at radius 1 is 1.10 bits per heavy atom. The van der Waals surface area contributed by atoms with E-state index in [1.807, 2.05) is 0 Å². The number of halogens is 3. The predicted octanol–water partition coefficient (Wildman–Crippen LogP) is 1.31. The van der Waals surface area contributed by atoms with Crippen molar-refractivity contribution >= 4 is 17.6 Å². The molecule has 1 fully saturated rings. The molecule has 0 bridgehead atoms. The number of nitrogens with one attached hydrogen (secondary N) is 1. The van der Waals surface area contributed by atoms with Crippen molar-refractivity contribution in [2.75, 3.05) is 26.2 Å². The molecule has 1 aliphatic carbocycles. The molecule has 1 aromatic heterocycles. The third kappa shape index (κ3) is 3.29. The monoisotopic (exact) mass is 407 g/mol. The third-order valence-corrected chi connectivity index (χ3v) is 4.52. The summed E-state index contributed by atoms with van der Waals surface area (Å²) in [6, 6.07) is 1.56. The van der Waals surface area contributed by atoms with E-state index in [1.54, 1.807) is 0 Å². The van der Waals surface area contributed by atoms with Crippen molar-refractivity contribution < 1.29 is 27.6 Å². The molecule has 1 N–H and O–H groups in total. The topological polar surface area (TPSA) is 122 Å². The van der Waals surface area contributed by atoms with Gasteiger partial charge in [-0.25, -0.2) is 4.79 Å². The van der Waals surface area contributed by atoms with Gasteiger partial charge in [-0.05, 0) is 28.6 Å². The Hall–Kier alpha value is -3.48. The first-order chi connectivity index (χ1) is 13.8. The van der Waals surface area contributed by atoms with Crippen LogP contribution in [0.3, 0.4) is 0 Å². The van der Waals surface area contributed by atoms with E-state index >= 15 is 0 Å². The molecule has 1 aromatic carbocycles. The molecular formula is C16H12F3N7O3. The van der Waals surface area contributed by atoms with Gasteiger partial charge in [0.2, 0.25) is 11.6 Å². The maximum absolute atomic E-state index is 13.0. The largest absolute Gasteiger partial charge is 0.416 e. The fourth-order valence-electron chi connectivity index (χ4n) is 3.05. The lowest BCUT2D eigenvalue weighted by molar-refractivity contribution is -0.137. The van der Waals surface area contributed by atoms with Gasteiger partial charge in [0.25, 0.3) is 0 Å². The Bertz CT molecular complexity index is 1050. The second-order valence-electron chi connectivity index (χ2n) is 6.30. The Morgan fingerprint density at radius 3 is 2.52 bits per heavy atom. The summed E-state index contributed by atoms with van der Waals surface area (Å²) in [6.07, 6.45) is -4.69. The fourth-order valence-corrected chi connectivity index (χ4v) is 3.05. The van der Waals surface area contributed by atoms with Gasteiger partial charge in [0, 0.05) is 37.3 Å². The van der Waals surface area contributed by atoms with Crippen molar-refractivity contribution in [2.45, 2.75) is 6.18 Å². The summed E-state index contributed by atoms with van der Waals surface area (Å²) < 4.78 is 38.9. The molecule has 1 aliphatic heterocycles. The van der Waals surface area contributed by atoms with Crippen LogP contribution in [0.1, 0.15) is 37.7 Å². The third-order valence-electron chi connectivity index (χ3n) is 4.52. The van der Waals surface area contributed by atoms with Crippen molar-refractivity contribution in [2.24, 2.45) is 10.3 Å². The van der Waals surface area contributed by atoms with Gasteiger partial charge in [0.1, 0.15) is 0 Å². The number of ketones is 2. The number of hydrogen-bond donors (Lipinski definition) is 1. The first-order valence-corrected chi connectivity index (χ1v) is 8.45. The molecule has 0 unspecified atom stereocenters. The number of aromatic nitrogens is 3. The van der Waals surface area contributed by atoms with Gasteiger partial charge in [-0.3, -0.25) is 9.59 Å². The van der Waals surface area contributed by atoms with E-state index < -0.39 is 40.6 Å². The molecule has 0 spiro atoms. The van der Waals surface area contributed by atoms with Crippen LogP contribution in [0.4, 0.5) is 18.0 Å². The van der Waals surface area contributed by atoms with E-state index in [9.17, 15) is 27.6 Å². The fraction of sp³-hybridized carbons (Fsp3) is 0.312. The van der Waals surface area contributed by atoms with E-state index in [1.165, 1.54) is 4.90 Å². The highest BCUT2D eigenvalue weighted by Gasteiger charge is 2.38. The molecular weight excluding hydrogens is 395 g/mol. The summed E-state index contributed by atoms with van der Waals surface area (Å²) in [5.41, 5.74) is -2.54. The smallest absolute Gasteiger partial charge is 0.319 e. The Balaban J connectivity index is 1.68. The average molecular weight is 407 g/mol. The number of rotatable bonds is 1. The average Bonchev–Trinajstić information content (AvgIpc) is 3.14. The maximum Gasteiger partial charge on any atom is 0.416 e. The quantitative estimate of drug-likeness (QED) is 0.607. The number of carbonyl (C=O) groups is 3. The molecule has 150 valence electrons. The number of carbonyl (C=O) groups excluding carboxylic acids is 3. The SMILES string of the molecule is O=C1c2ccc(C(F)(F)F)cc2C(=O)c2c1nnn2N=NC(=O)N1CCNCC1. The molecule has 2 amide bonds. The van der Waals surface area contributed by atoms with Gasteiger partial charge >= 0.3 is 12.2 Å². The molecule has 4 rings (SSSR count). The van der Waals surface area contributed by atoms with E-state index in [0.29, 0.717) is 43.1 Å². The van der Waals surface area contributed by atoms with Gasteiger partial charge in [-0.1, -0.05) is 5.11 Å². The van der Waals surface area contributed by atoms with Crippen molar-refractivity contribution in [1.29, 1.82) is 0 Å². The second kappa shape index (κ2) is 6.84. The number of amides is 2. The Labute approximate surface area is 160 Å². The molecule has 0 radical (unpaired) electrons. The van der Waals surface area contributed by atoms with Crippen LogP contribution in [0.2, 0.25) is 0 Å². The molecule has 2 heterocycles. The zero-order chi connectivity index (χ0) is 20.8. The van der Waals surface area contributed by atoms with Crippen molar-refractivity contribution in [1.82, 2.24) is 25.3 Å². The number of alkyl halides is 3. The van der Waals surface area contributed by atoms with Crippen LogP contribution in [0.5, 0.6) is 0 Å². The van der Waals surface area contributed by atoms with Crippen LogP contribution >= 0.6 is 0 Å². The zero-order valence-corrected chi connectivity index (χ0v) is 14.6. The van der Waals surface area contributed by atoms with Crippen LogP contribution < -0.4 is 5.32 Å². The van der Waals surface area contributed by atoms with Gasteiger partial charge in [0.15, 0.2) is 11.4 Å². The molecule has 0 saturated carbocycles. The molecule has 2 aliphatic rings. The van der Waals surface area contributed by atoms with Gasteiger partial charge < -0.3 is 10.2 Å². The normalized spacial score (nSPS) is 16.9.